The molecular weight excluding hydrogens is 380 g/mol. The van der Waals surface area contributed by atoms with Gasteiger partial charge in [-0.3, -0.25) is 4.79 Å². The summed E-state index contributed by atoms with van der Waals surface area (Å²) >= 11 is 7.52. The van der Waals surface area contributed by atoms with E-state index in [0.717, 1.165) is 52.4 Å². The highest BCUT2D eigenvalue weighted by molar-refractivity contribution is 7.20. The summed E-state index contributed by atoms with van der Waals surface area (Å²) in [4.78, 5) is 19.1. The fraction of sp³-hybridized carbons (Fsp3) is 0.400. The first kappa shape index (κ1) is 18.5. The highest BCUT2D eigenvalue weighted by Gasteiger charge is 2.26. The van der Waals surface area contributed by atoms with E-state index in [-0.39, 0.29) is 5.91 Å². The Bertz CT molecular complexity index is 970. The molecule has 1 aliphatic rings. The fourth-order valence-corrected chi connectivity index (χ4v) is 4.92. The molecule has 3 heterocycles. The Morgan fingerprint density at radius 2 is 1.93 bits per heavy atom. The number of halogens is 1. The Kier molecular flexibility index (Phi) is 4.97. The maximum Gasteiger partial charge on any atom is 0.264 e. The van der Waals surface area contributed by atoms with Crippen LogP contribution in [0.1, 0.15) is 28.2 Å². The Balaban J connectivity index is 1.64. The molecule has 0 radical (unpaired) electrons. The zero-order chi connectivity index (χ0) is 19.1. The van der Waals surface area contributed by atoms with Crippen LogP contribution in [0, 0.1) is 6.92 Å². The van der Waals surface area contributed by atoms with Crippen LogP contribution in [0.3, 0.4) is 0 Å². The SMILES string of the molecule is Cc1nn(-c2ccc(Cl)cc2)c2sc(C(=O)N(C)C3CCN(C)CC3)cc12. The van der Waals surface area contributed by atoms with Crippen molar-refractivity contribution in [2.45, 2.75) is 25.8 Å². The molecule has 0 N–H and O–H groups in total. The molecular formula is C20H23ClN4OS. The Hall–Kier alpha value is -1.89. The predicted molar refractivity (Wildman–Crippen MR) is 111 cm³/mol. The molecule has 1 amide bonds. The number of likely N-dealkylation sites (tertiary alicyclic amines) is 1. The monoisotopic (exact) mass is 402 g/mol. The van der Waals surface area contributed by atoms with Crippen molar-refractivity contribution in [3.63, 3.8) is 0 Å². The smallest absolute Gasteiger partial charge is 0.264 e. The molecule has 5 nitrogen and oxygen atoms in total. The van der Waals surface area contributed by atoms with Gasteiger partial charge in [-0.2, -0.15) is 5.10 Å². The normalized spacial score (nSPS) is 16.1. The third kappa shape index (κ3) is 3.49. The van der Waals surface area contributed by atoms with Gasteiger partial charge in [0, 0.05) is 23.5 Å². The molecule has 142 valence electrons. The maximum absolute atomic E-state index is 13.1. The lowest BCUT2D eigenvalue weighted by atomic mass is 10.0. The van der Waals surface area contributed by atoms with Crippen LogP contribution in [0.15, 0.2) is 30.3 Å². The second kappa shape index (κ2) is 7.26. The molecule has 0 aliphatic carbocycles. The first-order valence-corrected chi connectivity index (χ1v) is 10.3. The van der Waals surface area contributed by atoms with E-state index in [2.05, 4.69) is 17.0 Å². The van der Waals surface area contributed by atoms with Crippen molar-refractivity contribution in [3.05, 3.63) is 45.9 Å². The molecule has 0 unspecified atom stereocenters. The van der Waals surface area contributed by atoms with Crippen molar-refractivity contribution >= 4 is 39.1 Å². The summed E-state index contributed by atoms with van der Waals surface area (Å²) in [6, 6.07) is 9.90. The van der Waals surface area contributed by atoms with Gasteiger partial charge in [-0.25, -0.2) is 4.68 Å². The summed E-state index contributed by atoms with van der Waals surface area (Å²) in [5, 5.41) is 6.38. The number of rotatable bonds is 3. The molecule has 1 saturated heterocycles. The van der Waals surface area contributed by atoms with Crippen LogP contribution < -0.4 is 0 Å². The van der Waals surface area contributed by atoms with Crippen molar-refractivity contribution in [1.29, 1.82) is 0 Å². The zero-order valence-corrected chi connectivity index (χ0v) is 17.3. The number of hydrogen-bond donors (Lipinski definition) is 0. The minimum Gasteiger partial charge on any atom is -0.338 e. The summed E-state index contributed by atoms with van der Waals surface area (Å²) in [5.41, 5.74) is 1.87. The van der Waals surface area contributed by atoms with Gasteiger partial charge in [-0.1, -0.05) is 11.6 Å². The molecule has 1 fully saturated rings. The average Bonchev–Trinajstić information content (AvgIpc) is 3.23. The average molecular weight is 403 g/mol. The third-order valence-corrected chi connectivity index (χ3v) is 6.73. The van der Waals surface area contributed by atoms with Gasteiger partial charge in [-0.15, -0.1) is 11.3 Å². The molecule has 4 rings (SSSR count). The summed E-state index contributed by atoms with van der Waals surface area (Å²) in [5.74, 6) is 0.104. The lowest BCUT2D eigenvalue weighted by molar-refractivity contribution is 0.0664. The van der Waals surface area contributed by atoms with E-state index in [1.54, 1.807) is 0 Å². The van der Waals surface area contributed by atoms with E-state index >= 15 is 0 Å². The van der Waals surface area contributed by atoms with Gasteiger partial charge in [0.1, 0.15) is 4.83 Å². The molecule has 7 heteroatoms. The molecule has 0 bridgehead atoms. The quantitative estimate of drug-likeness (QED) is 0.658. The number of nitrogens with zero attached hydrogens (tertiary/aromatic N) is 4. The number of hydrogen-bond acceptors (Lipinski definition) is 4. The molecule has 27 heavy (non-hydrogen) atoms. The van der Waals surface area contributed by atoms with Crippen molar-refractivity contribution in [3.8, 4) is 5.69 Å². The summed E-state index contributed by atoms with van der Waals surface area (Å²) in [7, 11) is 4.07. The molecule has 0 spiro atoms. The van der Waals surface area contributed by atoms with E-state index in [4.69, 9.17) is 11.6 Å². The number of thiophene rings is 1. The third-order valence-electron chi connectivity index (χ3n) is 5.38. The highest BCUT2D eigenvalue weighted by atomic mass is 35.5. The summed E-state index contributed by atoms with van der Waals surface area (Å²) in [6.45, 7) is 4.06. The van der Waals surface area contributed by atoms with E-state index in [1.807, 2.05) is 53.9 Å². The number of aryl methyl sites for hydroxylation is 1. The van der Waals surface area contributed by atoms with Crippen molar-refractivity contribution in [2.24, 2.45) is 0 Å². The molecule has 2 aromatic heterocycles. The number of fused-ring (bicyclic) bond motifs is 1. The lowest BCUT2D eigenvalue weighted by Gasteiger charge is -2.34. The number of carbonyl (C=O) groups is 1. The Labute approximate surface area is 168 Å². The molecule has 0 saturated carbocycles. The minimum absolute atomic E-state index is 0.104. The highest BCUT2D eigenvalue weighted by Crippen LogP contribution is 2.32. The van der Waals surface area contributed by atoms with Gasteiger partial charge >= 0.3 is 0 Å². The fourth-order valence-electron chi connectivity index (χ4n) is 3.63. The predicted octanol–water partition coefficient (Wildman–Crippen LogP) is 4.22. The van der Waals surface area contributed by atoms with Gasteiger partial charge in [0.15, 0.2) is 0 Å². The van der Waals surface area contributed by atoms with Crippen molar-refractivity contribution < 1.29 is 4.79 Å². The van der Waals surface area contributed by atoms with Crippen molar-refractivity contribution in [1.82, 2.24) is 19.6 Å². The van der Waals surface area contributed by atoms with Crippen LogP contribution in [-0.2, 0) is 0 Å². The number of carbonyl (C=O) groups excluding carboxylic acids is 1. The molecule has 0 atom stereocenters. The molecule has 1 aromatic carbocycles. The largest absolute Gasteiger partial charge is 0.338 e. The summed E-state index contributed by atoms with van der Waals surface area (Å²) < 4.78 is 1.90. The van der Waals surface area contributed by atoms with Crippen molar-refractivity contribution in [2.75, 3.05) is 27.2 Å². The van der Waals surface area contributed by atoms with E-state index in [1.165, 1.54) is 11.3 Å². The Morgan fingerprint density at radius 3 is 2.59 bits per heavy atom. The standard InChI is InChI=1S/C20H23ClN4OS/c1-13-17-12-18(19(26)24(3)15-8-10-23(2)11-9-15)27-20(17)25(22-13)16-6-4-14(21)5-7-16/h4-7,12,15H,8-11H2,1-3H3. The van der Waals surface area contributed by atoms with Crippen LogP contribution in [0.5, 0.6) is 0 Å². The number of amides is 1. The van der Waals surface area contributed by atoms with E-state index < -0.39 is 0 Å². The number of aromatic nitrogens is 2. The first-order chi connectivity index (χ1) is 12.9. The number of piperidine rings is 1. The Morgan fingerprint density at radius 1 is 1.26 bits per heavy atom. The maximum atomic E-state index is 13.1. The van der Waals surface area contributed by atoms with Crippen LogP contribution in [0.25, 0.3) is 15.9 Å². The van der Waals surface area contributed by atoms with E-state index in [0.29, 0.717) is 11.1 Å². The minimum atomic E-state index is 0.104. The number of benzene rings is 1. The van der Waals surface area contributed by atoms with Gasteiger partial charge in [0.25, 0.3) is 5.91 Å². The zero-order valence-electron chi connectivity index (χ0n) is 15.8. The topological polar surface area (TPSA) is 41.4 Å². The van der Waals surface area contributed by atoms with E-state index in [9.17, 15) is 4.79 Å². The van der Waals surface area contributed by atoms with Gasteiger partial charge in [-0.05, 0) is 70.2 Å². The van der Waals surface area contributed by atoms with Gasteiger partial charge < -0.3 is 9.80 Å². The first-order valence-electron chi connectivity index (χ1n) is 9.15. The van der Waals surface area contributed by atoms with Crippen LogP contribution in [0.2, 0.25) is 5.02 Å². The van der Waals surface area contributed by atoms with Gasteiger partial charge in [0.05, 0.1) is 16.3 Å². The lowest BCUT2D eigenvalue weighted by Crippen LogP contribution is -2.44. The van der Waals surface area contributed by atoms with Crippen LogP contribution in [-0.4, -0.2) is 58.7 Å². The molecule has 1 aliphatic heterocycles. The van der Waals surface area contributed by atoms with Crippen LogP contribution in [0.4, 0.5) is 0 Å². The second-order valence-corrected chi connectivity index (χ2v) is 8.72. The van der Waals surface area contributed by atoms with Crippen LogP contribution >= 0.6 is 22.9 Å². The van der Waals surface area contributed by atoms with Gasteiger partial charge in [0.2, 0.25) is 0 Å². The molecule has 3 aromatic rings. The second-order valence-electron chi connectivity index (χ2n) is 7.25. The summed E-state index contributed by atoms with van der Waals surface area (Å²) in [6.07, 6.45) is 2.06.